The number of amides is 1. The van der Waals surface area contributed by atoms with Gasteiger partial charge in [0.25, 0.3) is 0 Å². The molecule has 126 valence electrons. The Morgan fingerprint density at radius 2 is 2.30 bits per heavy atom. The van der Waals surface area contributed by atoms with Crippen LogP contribution < -0.4 is 10.1 Å². The molecule has 0 spiro atoms. The third-order valence-corrected chi connectivity index (χ3v) is 4.57. The van der Waals surface area contributed by atoms with Gasteiger partial charge in [0.2, 0.25) is 5.91 Å². The Labute approximate surface area is 141 Å². The minimum atomic E-state index is -0.510. The summed E-state index contributed by atoms with van der Waals surface area (Å²) in [7, 11) is 0. The van der Waals surface area contributed by atoms with E-state index in [-0.39, 0.29) is 18.1 Å². The van der Waals surface area contributed by atoms with E-state index < -0.39 is 6.10 Å². The zero-order valence-corrected chi connectivity index (χ0v) is 14.0. The lowest BCUT2D eigenvalue weighted by atomic mass is 10.0. The van der Waals surface area contributed by atoms with E-state index in [1.54, 1.807) is 13.0 Å². The van der Waals surface area contributed by atoms with Crippen molar-refractivity contribution < 1.29 is 19.0 Å². The fourth-order valence-electron chi connectivity index (χ4n) is 2.93. The van der Waals surface area contributed by atoms with Crippen molar-refractivity contribution >= 4 is 17.5 Å². The first-order valence-corrected chi connectivity index (χ1v) is 8.47. The molecule has 1 fully saturated rings. The van der Waals surface area contributed by atoms with E-state index in [9.17, 15) is 4.79 Å². The molecule has 0 bridgehead atoms. The summed E-state index contributed by atoms with van der Waals surface area (Å²) in [5.74, 6) is 0.541. The Bertz CT molecular complexity index is 560. The maximum Gasteiger partial charge on any atom is 0.249 e. The molecule has 3 rings (SSSR count). The zero-order valence-electron chi connectivity index (χ0n) is 13.2. The largest absolute Gasteiger partial charge is 0.492 e. The van der Waals surface area contributed by atoms with Gasteiger partial charge in [-0.2, -0.15) is 0 Å². The molecular weight excluding hydrogens is 318 g/mol. The highest BCUT2D eigenvalue weighted by Gasteiger charge is 2.27. The summed E-state index contributed by atoms with van der Waals surface area (Å²) in [5.41, 5.74) is 0.920. The van der Waals surface area contributed by atoms with Gasteiger partial charge in [0.05, 0.1) is 30.4 Å². The van der Waals surface area contributed by atoms with Gasteiger partial charge in [0, 0.05) is 18.6 Å². The number of halogens is 1. The van der Waals surface area contributed by atoms with Crippen molar-refractivity contribution in [1.29, 1.82) is 0 Å². The van der Waals surface area contributed by atoms with Crippen LogP contribution in [0.2, 0.25) is 5.02 Å². The van der Waals surface area contributed by atoms with Crippen LogP contribution in [0.4, 0.5) is 0 Å². The molecule has 1 N–H and O–H groups in total. The van der Waals surface area contributed by atoms with Crippen LogP contribution in [0.3, 0.4) is 0 Å². The Morgan fingerprint density at radius 1 is 1.43 bits per heavy atom. The molecule has 3 atom stereocenters. The van der Waals surface area contributed by atoms with Crippen molar-refractivity contribution in [1.82, 2.24) is 5.32 Å². The van der Waals surface area contributed by atoms with Crippen molar-refractivity contribution in [2.75, 3.05) is 19.8 Å². The normalized spacial score (nSPS) is 24.6. The molecule has 2 aliphatic heterocycles. The fourth-order valence-corrected chi connectivity index (χ4v) is 3.17. The first-order valence-electron chi connectivity index (χ1n) is 8.10. The van der Waals surface area contributed by atoms with Crippen LogP contribution in [0.25, 0.3) is 0 Å². The van der Waals surface area contributed by atoms with Crippen molar-refractivity contribution in [2.45, 2.75) is 44.4 Å². The number of ether oxygens (including phenoxy) is 3. The number of hydrogen-bond acceptors (Lipinski definition) is 4. The number of carbonyl (C=O) groups is 1. The Kier molecular flexibility index (Phi) is 5.41. The number of fused-ring (bicyclic) bond motifs is 1. The number of benzene rings is 1. The minimum Gasteiger partial charge on any atom is -0.492 e. The smallest absolute Gasteiger partial charge is 0.249 e. The number of rotatable bonds is 5. The average Bonchev–Trinajstić information content (AvgIpc) is 3.07. The summed E-state index contributed by atoms with van der Waals surface area (Å²) in [5, 5.41) is 3.61. The van der Waals surface area contributed by atoms with Crippen molar-refractivity contribution in [3.63, 3.8) is 0 Å². The molecule has 3 unspecified atom stereocenters. The molecule has 1 amide bonds. The van der Waals surface area contributed by atoms with E-state index in [0.29, 0.717) is 24.0 Å². The van der Waals surface area contributed by atoms with Gasteiger partial charge in [-0.15, -0.1) is 0 Å². The summed E-state index contributed by atoms with van der Waals surface area (Å²) in [6.07, 6.45) is 2.39. The molecule has 5 nitrogen and oxygen atoms in total. The molecule has 0 aliphatic carbocycles. The van der Waals surface area contributed by atoms with Crippen LogP contribution in [0.5, 0.6) is 5.75 Å². The van der Waals surface area contributed by atoms with Crippen LogP contribution in [0, 0.1) is 0 Å². The molecule has 1 saturated heterocycles. The second-order valence-electron chi connectivity index (χ2n) is 5.97. The first-order chi connectivity index (χ1) is 11.1. The predicted octanol–water partition coefficient (Wildman–Crippen LogP) is 2.86. The predicted molar refractivity (Wildman–Crippen MR) is 86.8 cm³/mol. The second kappa shape index (κ2) is 7.51. The quantitative estimate of drug-likeness (QED) is 0.896. The van der Waals surface area contributed by atoms with Gasteiger partial charge in [-0.3, -0.25) is 4.79 Å². The number of para-hydroxylation sites is 1. The topological polar surface area (TPSA) is 56.8 Å². The highest BCUT2D eigenvalue weighted by molar-refractivity contribution is 6.32. The van der Waals surface area contributed by atoms with Crippen molar-refractivity contribution in [2.24, 2.45) is 0 Å². The first kappa shape index (κ1) is 16.6. The maximum atomic E-state index is 12.4. The highest BCUT2D eigenvalue weighted by atomic mass is 35.5. The SMILES string of the molecule is CC(OCC1CCCO1)C(=O)NC1CCOc2c(Cl)cccc21. The second-order valence-corrected chi connectivity index (χ2v) is 6.37. The summed E-state index contributed by atoms with van der Waals surface area (Å²) in [6.45, 7) is 3.55. The third kappa shape index (κ3) is 3.97. The minimum absolute atomic E-state index is 0.0984. The van der Waals surface area contributed by atoms with Gasteiger partial charge < -0.3 is 19.5 Å². The van der Waals surface area contributed by atoms with Gasteiger partial charge in [-0.25, -0.2) is 0 Å². The van der Waals surface area contributed by atoms with Gasteiger partial charge >= 0.3 is 0 Å². The molecule has 23 heavy (non-hydrogen) atoms. The molecule has 0 saturated carbocycles. The fraction of sp³-hybridized carbons (Fsp3) is 0.588. The van der Waals surface area contributed by atoms with E-state index >= 15 is 0 Å². The molecule has 1 aromatic carbocycles. The zero-order chi connectivity index (χ0) is 16.2. The van der Waals surface area contributed by atoms with E-state index in [0.717, 1.165) is 31.4 Å². The summed E-state index contributed by atoms with van der Waals surface area (Å²) in [6, 6.07) is 5.49. The average molecular weight is 340 g/mol. The Hall–Kier alpha value is -1.30. The molecule has 1 aromatic rings. The van der Waals surface area contributed by atoms with Gasteiger partial charge in [0.1, 0.15) is 11.9 Å². The molecule has 0 aromatic heterocycles. The number of nitrogens with one attached hydrogen (secondary N) is 1. The van der Waals surface area contributed by atoms with E-state index in [1.165, 1.54) is 0 Å². The van der Waals surface area contributed by atoms with E-state index in [4.69, 9.17) is 25.8 Å². The summed E-state index contributed by atoms with van der Waals surface area (Å²) in [4.78, 5) is 12.4. The van der Waals surface area contributed by atoms with Crippen LogP contribution >= 0.6 is 11.6 Å². The van der Waals surface area contributed by atoms with E-state index in [1.807, 2.05) is 12.1 Å². The van der Waals surface area contributed by atoms with Crippen LogP contribution in [-0.4, -0.2) is 37.9 Å². The molecule has 2 heterocycles. The third-order valence-electron chi connectivity index (χ3n) is 4.27. The Balaban J connectivity index is 1.56. The maximum absolute atomic E-state index is 12.4. The lowest BCUT2D eigenvalue weighted by Crippen LogP contribution is -2.39. The molecule has 0 radical (unpaired) electrons. The Morgan fingerprint density at radius 3 is 3.09 bits per heavy atom. The molecule has 2 aliphatic rings. The van der Waals surface area contributed by atoms with Gasteiger partial charge in [-0.1, -0.05) is 23.7 Å². The molecular formula is C17H22ClNO4. The van der Waals surface area contributed by atoms with Gasteiger partial charge in [-0.05, 0) is 25.8 Å². The van der Waals surface area contributed by atoms with Gasteiger partial charge in [0.15, 0.2) is 0 Å². The van der Waals surface area contributed by atoms with Crippen molar-refractivity contribution in [3.8, 4) is 5.75 Å². The lowest BCUT2D eigenvalue weighted by molar-refractivity contribution is -0.134. The van der Waals surface area contributed by atoms with Crippen LogP contribution in [0.1, 0.15) is 37.8 Å². The number of carbonyl (C=O) groups excluding carboxylic acids is 1. The number of hydrogen-bond donors (Lipinski definition) is 1. The summed E-state index contributed by atoms with van der Waals surface area (Å²) >= 11 is 6.15. The summed E-state index contributed by atoms with van der Waals surface area (Å²) < 4.78 is 16.8. The standard InChI is InChI=1S/C17H22ClNO4/c1-11(23-10-12-4-3-8-21-12)17(20)19-15-7-9-22-16-13(15)5-2-6-14(16)18/h2,5-6,11-12,15H,3-4,7-10H2,1H3,(H,19,20). The van der Waals surface area contributed by atoms with Crippen LogP contribution in [0.15, 0.2) is 18.2 Å². The highest BCUT2D eigenvalue weighted by Crippen LogP contribution is 2.37. The lowest BCUT2D eigenvalue weighted by Gasteiger charge is -2.28. The van der Waals surface area contributed by atoms with Crippen molar-refractivity contribution in [3.05, 3.63) is 28.8 Å². The monoisotopic (exact) mass is 339 g/mol. The molecule has 6 heteroatoms. The van der Waals surface area contributed by atoms with E-state index in [2.05, 4.69) is 5.32 Å². The van der Waals surface area contributed by atoms with Crippen LogP contribution in [-0.2, 0) is 14.3 Å².